The van der Waals surface area contributed by atoms with E-state index in [-0.39, 0.29) is 5.91 Å². The normalized spacial score (nSPS) is 15.0. The van der Waals surface area contributed by atoms with Crippen molar-refractivity contribution in [2.24, 2.45) is 5.92 Å². The Morgan fingerprint density at radius 3 is 2.81 bits per heavy atom. The number of carbonyl (C=O) groups is 1. The number of rotatable bonds is 4. The summed E-state index contributed by atoms with van der Waals surface area (Å²) in [5.74, 6) is 1.05. The van der Waals surface area contributed by atoms with E-state index in [2.05, 4.69) is 22.2 Å². The molecule has 2 aromatic carbocycles. The Morgan fingerprint density at radius 1 is 1.19 bits per heavy atom. The lowest BCUT2D eigenvalue weighted by Crippen LogP contribution is -2.49. The summed E-state index contributed by atoms with van der Waals surface area (Å²) < 4.78 is 0. The molecule has 5 nitrogen and oxygen atoms in total. The average molecular weight is 346 g/mol. The highest BCUT2D eigenvalue weighted by atomic mass is 16.1. The summed E-state index contributed by atoms with van der Waals surface area (Å²) in [6, 6.07) is 15.7. The van der Waals surface area contributed by atoms with Crippen molar-refractivity contribution in [2.45, 2.75) is 0 Å². The van der Waals surface area contributed by atoms with Crippen LogP contribution in [0.3, 0.4) is 0 Å². The van der Waals surface area contributed by atoms with Crippen LogP contribution in [-0.4, -0.2) is 42.5 Å². The van der Waals surface area contributed by atoms with Crippen molar-refractivity contribution < 1.29 is 4.79 Å². The molecule has 0 saturated carbocycles. The number of pyridine rings is 1. The van der Waals surface area contributed by atoms with Crippen molar-refractivity contribution in [3.05, 3.63) is 60.3 Å². The van der Waals surface area contributed by atoms with Gasteiger partial charge in [-0.25, -0.2) is 4.98 Å². The number of anilines is 1. The maximum absolute atomic E-state index is 12.5. The van der Waals surface area contributed by atoms with Crippen LogP contribution in [0.2, 0.25) is 0 Å². The Balaban J connectivity index is 1.55. The summed E-state index contributed by atoms with van der Waals surface area (Å²) >= 11 is 0. The van der Waals surface area contributed by atoms with Crippen LogP contribution in [0.25, 0.3) is 21.9 Å². The Labute approximate surface area is 152 Å². The van der Waals surface area contributed by atoms with E-state index in [9.17, 15) is 4.79 Å². The topological polar surface area (TPSA) is 71.2 Å². The van der Waals surface area contributed by atoms with Crippen molar-refractivity contribution in [2.75, 3.05) is 32.4 Å². The fraction of sp³-hybridized carbons (Fsp3) is 0.238. The largest absolute Gasteiger partial charge is 0.383 e. The summed E-state index contributed by atoms with van der Waals surface area (Å²) in [6.45, 7) is 2.82. The predicted octanol–water partition coefficient (Wildman–Crippen LogP) is 2.78. The third-order valence-corrected chi connectivity index (χ3v) is 4.95. The van der Waals surface area contributed by atoms with Crippen LogP contribution in [-0.2, 0) is 0 Å². The first-order valence-electron chi connectivity index (χ1n) is 8.81. The molecule has 0 aliphatic carbocycles. The number of carbonyl (C=O) groups excluding carboxylic acids is 1. The maximum Gasteiger partial charge on any atom is 0.251 e. The lowest BCUT2D eigenvalue weighted by molar-refractivity contribution is 0.0898. The Morgan fingerprint density at radius 2 is 2.00 bits per heavy atom. The zero-order valence-electron chi connectivity index (χ0n) is 14.8. The molecule has 0 atom stereocenters. The summed E-state index contributed by atoms with van der Waals surface area (Å²) in [5, 5.41) is 5.02. The first-order valence-corrected chi connectivity index (χ1v) is 8.81. The molecule has 0 spiro atoms. The molecule has 1 amide bonds. The Hall–Kier alpha value is -2.92. The molecule has 0 radical (unpaired) electrons. The summed E-state index contributed by atoms with van der Waals surface area (Å²) in [6.07, 6.45) is 1.71. The predicted molar refractivity (Wildman–Crippen MR) is 105 cm³/mol. The van der Waals surface area contributed by atoms with Gasteiger partial charge in [0.2, 0.25) is 0 Å². The molecular formula is C21H22N4O. The van der Waals surface area contributed by atoms with E-state index in [1.54, 1.807) is 6.20 Å². The van der Waals surface area contributed by atoms with Gasteiger partial charge in [-0.05, 0) is 47.8 Å². The minimum Gasteiger partial charge on any atom is -0.383 e. The monoisotopic (exact) mass is 346 g/mol. The molecule has 1 aliphatic rings. The van der Waals surface area contributed by atoms with Crippen LogP contribution in [0.1, 0.15) is 10.4 Å². The van der Waals surface area contributed by atoms with Crippen LogP contribution >= 0.6 is 0 Å². The number of benzene rings is 2. The molecule has 1 saturated heterocycles. The van der Waals surface area contributed by atoms with Gasteiger partial charge in [-0.2, -0.15) is 0 Å². The number of nitrogens with two attached hydrogens (primary N) is 1. The molecule has 0 unspecified atom stereocenters. The molecule has 0 bridgehead atoms. The van der Waals surface area contributed by atoms with E-state index in [4.69, 9.17) is 5.73 Å². The first-order chi connectivity index (χ1) is 12.6. The van der Waals surface area contributed by atoms with E-state index in [0.717, 1.165) is 41.5 Å². The molecule has 1 aromatic heterocycles. The van der Waals surface area contributed by atoms with Gasteiger partial charge < -0.3 is 16.0 Å². The molecule has 4 rings (SSSR count). The highest BCUT2D eigenvalue weighted by Crippen LogP contribution is 2.27. The van der Waals surface area contributed by atoms with Gasteiger partial charge in [0, 0.05) is 42.7 Å². The first kappa shape index (κ1) is 16.5. The van der Waals surface area contributed by atoms with Crippen LogP contribution in [0.4, 0.5) is 5.82 Å². The fourth-order valence-electron chi connectivity index (χ4n) is 3.51. The average Bonchev–Trinajstić information content (AvgIpc) is 2.64. The minimum atomic E-state index is -0.0247. The standard InChI is InChI=1S/C21H22N4O/c1-25-12-14(13-25)11-24-21(26)18-4-2-3-16(9-18)17-6-5-15-7-8-23-20(22)19(15)10-17/h2-10,14H,11-13H2,1H3,(H2,22,23)(H,24,26). The molecule has 3 N–H and O–H groups in total. The third-order valence-electron chi connectivity index (χ3n) is 4.95. The van der Waals surface area contributed by atoms with Crippen molar-refractivity contribution in [3.63, 3.8) is 0 Å². The van der Waals surface area contributed by atoms with E-state index in [0.29, 0.717) is 17.3 Å². The number of amides is 1. The zero-order chi connectivity index (χ0) is 18.1. The van der Waals surface area contributed by atoms with Crippen molar-refractivity contribution in [1.29, 1.82) is 0 Å². The number of nitrogen functional groups attached to an aromatic ring is 1. The van der Waals surface area contributed by atoms with E-state index in [1.165, 1.54) is 0 Å². The van der Waals surface area contributed by atoms with Gasteiger partial charge in [0.25, 0.3) is 5.91 Å². The van der Waals surface area contributed by atoms with E-state index in [1.807, 2.05) is 48.5 Å². The van der Waals surface area contributed by atoms with Crippen LogP contribution in [0.15, 0.2) is 54.7 Å². The lowest BCUT2D eigenvalue weighted by Gasteiger charge is -2.36. The Kier molecular flexibility index (Phi) is 4.31. The van der Waals surface area contributed by atoms with Crippen LogP contribution in [0, 0.1) is 5.92 Å². The second kappa shape index (κ2) is 6.77. The summed E-state index contributed by atoms with van der Waals surface area (Å²) in [5.41, 5.74) is 8.69. The van der Waals surface area contributed by atoms with E-state index < -0.39 is 0 Å². The van der Waals surface area contributed by atoms with Gasteiger partial charge in [-0.15, -0.1) is 0 Å². The summed E-state index contributed by atoms with van der Waals surface area (Å²) in [7, 11) is 2.09. The third kappa shape index (κ3) is 3.26. The van der Waals surface area contributed by atoms with Gasteiger partial charge in [0.1, 0.15) is 5.82 Å². The van der Waals surface area contributed by atoms with E-state index >= 15 is 0 Å². The SMILES string of the molecule is CN1CC(CNC(=O)c2cccc(-c3ccc4ccnc(N)c4c3)c2)C1. The van der Waals surface area contributed by atoms with Crippen molar-refractivity contribution in [3.8, 4) is 11.1 Å². The molecule has 5 heteroatoms. The molecule has 1 aliphatic heterocycles. The second-order valence-corrected chi connectivity index (χ2v) is 7.01. The van der Waals surface area contributed by atoms with Gasteiger partial charge in [0.15, 0.2) is 0 Å². The Bertz CT molecular complexity index is 963. The van der Waals surface area contributed by atoms with Crippen molar-refractivity contribution in [1.82, 2.24) is 15.2 Å². The molecule has 1 fully saturated rings. The second-order valence-electron chi connectivity index (χ2n) is 7.01. The number of hydrogen-bond donors (Lipinski definition) is 2. The summed E-state index contributed by atoms with van der Waals surface area (Å²) in [4.78, 5) is 18.9. The lowest BCUT2D eigenvalue weighted by atomic mass is 9.99. The number of aromatic nitrogens is 1. The molecule has 132 valence electrons. The van der Waals surface area contributed by atoms with Gasteiger partial charge >= 0.3 is 0 Å². The number of nitrogens with zero attached hydrogens (tertiary/aromatic N) is 2. The van der Waals surface area contributed by atoms with Gasteiger partial charge in [-0.3, -0.25) is 4.79 Å². The smallest absolute Gasteiger partial charge is 0.251 e. The number of nitrogens with one attached hydrogen (secondary N) is 1. The van der Waals surface area contributed by atoms with Gasteiger partial charge in [0.05, 0.1) is 0 Å². The minimum absolute atomic E-state index is 0.0247. The quantitative estimate of drug-likeness (QED) is 0.762. The zero-order valence-corrected chi connectivity index (χ0v) is 14.8. The number of fused-ring (bicyclic) bond motifs is 1. The highest BCUT2D eigenvalue weighted by Gasteiger charge is 2.23. The van der Waals surface area contributed by atoms with Crippen LogP contribution < -0.4 is 11.1 Å². The fourth-order valence-corrected chi connectivity index (χ4v) is 3.51. The van der Waals surface area contributed by atoms with Crippen LogP contribution in [0.5, 0.6) is 0 Å². The molecule has 2 heterocycles. The highest BCUT2D eigenvalue weighted by molar-refractivity contribution is 5.97. The molecule has 3 aromatic rings. The molecular weight excluding hydrogens is 324 g/mol. The maximum atomic E-state index is 12.5. The van der Waals surface area contributed by atoms with Crippen molar-refractivity contribution >= 4 is 22.5 Å². The van der Waals surface area contributed by atoms with Gasteiger partial charge in [-0.1, -0.05) is 24.3 Å². The molecule has 26 heavy (non-hydrogen) atoms. The number of likely N-dealkylation sites (tertiary alicyclic amines) is 1. The number of hydrogen-bond acceptors (Lipinski definition) is 4.